The van der Waals surface area contributed by atoms with Gasteiger partial charge in [-0.25, -0.2) is 0 Å². The molecule has 3 nitrogen and oxygen atoms in total. The number of methoxy groups -OCH3 is 1. The van der Waals surface area contributed by atoms with Crippen LogP contribution in [0.25, 0.3) is 0 Å². The van der Waals surface area contributed by atoms with Gasteiger partial charge in [0.15, 0.2) is 0 Å². The van der Waals surface area contributed by atoms with Gasteiger partial charge >= 0.3 is 0 Å². The van der Waals surface area contributed by atoms with E-state index in [0.29, 0.717) is 5.69 Å². The Morgan fingerprint density at radius 3 is 2.69 bits per heavy atom. The van der Waals surface area contributed by atoms with E-state index in [1.807, 2.05) is 25.1 Å². The van der Waals surface area contributed by atoms with E-state index in [-0.39, 0.29) is 11.4 Å². The van der Waals surface area contributed by atoms with Gasteiger partial charge in [-0.3, -0.25) is 0 Å². The van der Waals surface area contributed by atoms with Gasteiger partial charge in [0.2, 0.25) is 0 Å². The monoisotopic (exact) mass is 241 g/mol. The molecule has 90 valence electrons. The van der Waals surface area contributed by atoms with Gasteiger partial charge in [0.1, 0.15) is 5.75 Å². The number of nitrogen functional groups attached to an aromatic ring is 1. The first-order valence-corrected chi connectivity index (χ1v) is 6.31. The lowest BCUT2D eigenvalue weighted by Gasteiger charge is -2.15. The van der Waals surface area contributed by atoms with E-state index in [4.69, 9.17) is 10.5 Å². The van der Waals surface area contributed by atoms with Crippen molar-refractivity contribution in [2.75, 3.05) is 12.8 Å². The van der Waals surface area contributed by atoms with Crippen molar-refractivity contribution in [1.29, 1.82) is 0 Å². The number of thioether (sulfide) groups is 1. The molecule has 3 N–H and O–H groups in total. The lowest BCUT2D eigenvalue weighted by molar-refractivity contribution is 0.196. The van der Waals surface area contributed by atoms with E-state index >= 15 is 0 Å². The van der Waals surface area contributed by atoms with Gasteiger partial charge in [0.05, 0.1) is 13.2 Å². The van der Waals surface area contributed by atoms with Crippen LogP contribution in [0.5, 0.6) is 5.75 Å². The third-order valence-corrected chi connectivity index (χ3v) is 3.89. The van der Waals surface area contributed by atoms with Crippen molar-refractivity contribution in [3.05, 3.63) is 23.8 Å². The first kappa shape index (κ1) is 13.2. The maximum Gasteiger partial charge on any atom is 0.124 e. The predicted molar refractivity (Wildman–Crippen MR) is 69.8 cm³/mol. The number of anilines is 1. The van der Waals surface area contributed by atoms with Gasteiger partial charge in [-0.1, -0.05) is 13.0 Å². The largest absolute Gasteiger partial charge is 0.496 e. The SMILES string of the molecule is COc1cc(N)ccc1CSC(C)C(C)O. The van der Waals surface area contributed by atoms with E-state index in [0.717, 1.165) is 17.1 Å². The first-order chi connectivity index (χ1) is 7.54. The summed E-state index contributed by atoms with van der Waals surface area (Å²) in [5.74, 6) is 1.63. The third kappa shape index (κ3) is 3.61. The molecule has 4 heteroatoms. The summed E-state index contributed by atoms with van der Waals surface area (Å²) in [6.07, 6.45) is -0.301. The molecule has 1 aromatic carbocycles. The van der Waals surface area contributed by atoms with Crippen LogP contribution in [0.15, 0.2) is 18.2 Å². The molecule has 0 aliphatic carbocycles. The van der Waals surface area contributed by atoms with Crippen molar-refractivity contribution >= 4 is 17.4 Å². The van der Waals surface area contributed by atoms with Crippen molar-refractivity contribution < 1.29 is 9.84 Å². The summed E-state index contributed by atoms with van der Waals surface area (Å²) in [6, 6.07) is 5.66. The van der Waals surface area contributed by atoms with Crippen LogP contribution in [-0.2, 0) is 5.75 Å². The minimum atomic E-state index is -0.301. The van der Waals surface area contributed by atoms with Crippen LogP contribution in [0.3, 0.4) is 0 Å². The van der Waals surface area contributed by atoms with Gasteiger partial charge in [-0.2, -0.15) is 11.8 Å². The number of rotatable bonds is 5. The average molecular weight is 241 g/mol. The summed E-state index contributed by atoms with van der Waals surface area (Å²) in [6.45, 7) is 3.82. The zero-order valence-corrected chi connectivity index (χ0v) is 10.8. The highest BCUT2D eigenvalue weighted by Crippen LogP contribution is 2.28. The maximum atomic E-state index is 9.40. The zero-order chi connectivity index (χ0) is 12.1. The van der Waals surface area contributed by atoms with Crippen LogP contribution in [0.2, 0.25) is 0 Å². The number of nitrogens with two attached hydrogens (primary N) is 1. The molecule has 0 aromatic heterocycles. The summed E-state index contributed by atoms with van der Waals surface area (Å²) in [5, 5.41) is 9.61. The second-order valence-corrected chi connectivity index (χ2v) is 5.19. The number of aliphatic hydroxyl groups excluding tert-OH is 1. The van der Waals surface area contributed by atoms with E-state index < -0.39 is 0 Å². The third-order valence-electron chi connectivity index (χ3n) is 2.49. The van der Waals surface area contributed by atoms with Crippen molar-refractivity contribution in [3.63, 3.8) is 0 Å². The fourth-order valence-electron chi connectivity index (χ4n) is 1.24. The minimum absolute atomic E-state index is 0.210. The summed E-state index contributed by atoms with van der Waals surface area (Å²) < 4.78 is 5.26. The summed E-state index contributed by atoms with van der Waals surface area (Å²) in [4.78, 5) is 0. The van der Waals surface area contributed by atoms with Crippen LogP contribution in [0.4, 0.5) is 5.69 Å². The molecule has 0 saturated carbocycles. The van der Waals surface area contributed by atoms with Gasteiger partial charge in [0, 0.05) is 28.3 Å². The zero-order valence-electron chi connectivity index (χ0n) is 9.93. The molecule has 0 heterocycles. The Morgan fingerprint density at radius 1 is 1.44 bits per heavy atom. The molecule has 0 spiro atoms. The number of benzene rings is 1. The van der Waals surface area contributed by atoms with Crippen LogP contribution in [0, 0.1) is 0 Å². The highest BCUT2D eigenvalue weighted by molar-refractivity contribution is 7.99. The molecule has 1 aromatic rings. The molecule has 0 aliphatic heterocycles. The van der Waals surface area contributed by atoms with Crippen molar-refractivity contribution in [2.45, 2.75) is 31.0 Å². The van der Waals surface area contributed by atoms with E-state index in [1.54, 1.807) is 25.8 Å². The smallest absolute Gasteiger partial charge is 0.124 e. The molecule has 0 amide bonds. The second-order valence-electron chi connectivity index (χ2n) is 3.83. The number of aliphatic hydroxyl groups is 1. The summed E-state index contributed by atoms with van der Waals surface area (Å²) >= 11 is 1.70. The Hall–Kier alpha value is -0.870. The quantitative estimate of drug-likeness (QED) is 0.777. The Morgan fingerprint density at radius 2 is 2.12 bits per heavy atom. The van der Waals surface area contributed by atoms with Crippen LogP contribution in [-0.4, -0.2) is 23.6 Å². The van der Waals surface area contributed by atoms with Crippen molar-refractivity contribution in [1.82, 2.24) is 0 Å². The van der Waals surface area contributed by atoms with Gasteiger partial charge in [0.25, 0.3) is 0 Å². The first-order valence-electron chi connectivity index (χ1n) is 5.26. The molecule has 2 unspecified atom stereocenters. The van der Waals surface area contributed by atoms with Crippen LogP contribution >= 0.6 is 11.8 Å². The highest BCUT2D eigenvalue weighted by Gasteiger charge is 2.11. The van der Waals surface area contributed by atoms with Crippen LogP contribution < -0.4 is 10.5 Å². The standard InChI is InChI=1S/C12H19NO2S/c1-8(14)9(2)16-7-10-4-5-11(13)6-12(10)15-3/h4-6,8-9,14H,7,13H2,1-3H3. The summed E-state index contributed by atoms with van der Waals surface area (Å²) in [5.41, 5.74) is 7.49. The molecule has 1 rings (SSSR count). The van der Waals surface area contributed by atoms with Gasteiger partial charge in [-0.05, 0) is 13.0 Å². The molecule has 0 bridgehead atoms. The predicted octanol–water partition coefficient (Wildman–Crippen LogP) is 2.28. The van der Waals surface area contributed by atoms with Gasteiger partial charge in [-0.15, -0.1) is 0 Å². The minimum Gasteiger partial charge on any atom is -0.496 e. The Labute approximate surface area is 101 Å². The molecular weight excluding hydrogens is 222 g/mol. The van der Waals surface area contributed by atoms with Crippen LogP contribution in [0.1, 0.15) is 19.4 Å². The molecule has 0 fully saturated rings. The molecule has 16 heavy (non-hydrogen) atoms. The van der Waals surface area contributed by atoms with Crippen molar-refractivity contribution in [2.24, 2.45) is 0 Å². The highest BCUT2D eigenvalue weighted by atomic mass is 32.2. The lowest BCUT2D eigenvalue weighted by atomic mass is 10.2. The molecule has 0 aliphatic rings. The fraction of sp³-hybridized carbons (Fsp3) is 0.500. The number of hydrogen-bond acceptors (Lipinski definition) is 4. The second kappa shape index (κ2) is 6.01. The lowest BCUT2D eigenvalue weighted by Crippen LogP contribution is -2.15. The molecule has 0 saturated heterocycles. The molecule has 0 radical (unpaired) electrons. The molecular formula is C12H19NO2S. The van der Waals surface area contributed by atoms with E-state index in [2.05, 4.69) is 0 Å². The average Bonchev–Trinajstić information content (AvgIpc) is 2.26. The maximum absolute atomic E-state index is 9.40. The van der Waals surface area contributed by atoms with Crippen molar-refractivity contribution in [3.8, 4) is 5.75 Å². The summed E-state index contributed by atoms with van der Waals surface area (Å²) in [7, 11) is 1.64. The number of hydrogen-bond donors (Lipinski definition) is 2. The van der Waals surface area contributed by atoms with E-state index in [9.17, 15) is 5.11 Å². The Balaban J connectivity index is 2.66. The topological polar surface area (TPSA) is 55.5 Å². The fourth-order valence-corrected chi connectivity index (χ4v) is 2.20. The number of ether oxygens (including phenoxy) is 1. The normalized spacial score (nSPS) is 14.5. The Bertz CT molecular complexity index is 342. The van der Waals surface area contributed by atoms with E-state index in [1.165, 1.54) is 0 Å². The molecule has 2 atom stereocenters. The Kier molecular flexibility index (Phi) is 4.96. The van der Waals surface area contributed by atoms with Gasteiger partial charge < -0.3 is 15.6 Å².